The fraction of sp³-hybridized carbons (Fsp3) is 0.778. The zero-order valence-corrected chi connectivity index (χ0v) is 10.7. The Bertz CT molecular complexity index is 489. The van der Waals surface area contributed by atoms with Gasteiger partial charge in [0.25, 0.3) is 6.08 Å². The third-order valence-corrected chi connectivity index (χ3v) is 2.65. The van der Waals surface area contributed by atoms with Gasteiger partial charge in [0, 0.05) is 6.08 Å². The lowest BCUT2D eigenvalue weighted by molar-refractivity contribution is -0.446. The maximum absolute atomic E-state index is 13.0. The van der Waals surface area contributed by atoms with Crippen molar-refractivity contribution in [3.63, 3.8) is 0 Å². The van der Waals surface area contributed by atoms with E-state index in [4.69, 9.17) is 0 Å². The van der Waals surface area contributed by atoms with Gasteiger partial charge in [-0.2, -0.15) is 61.5 Å². The molecule has 0 bridgehead atoms. The maximum Gasteiger partial charge on any atom is 0.438 e. The Balaban J connectivity index is 6.59. The van der Waals surface area contributed by atoms with Crippen molar-refractivity contribution < 1.29 is 70.2 Å². The molecule has 0 saturated heterocycles. The quantitative estimate of drug-likeness (QED) is 0.496. The van der Waals surface area contributed by atoms with E-state index in [9.17, 15) is 70.2 Å². The molecule has 0 aliphatic rings. The molecule has 16 heteroatoms. The smallest absolute Gasteiger partial charge is 0.236 e. The largest absolute Gasteiger partial charge is 0.438 e. The Morgan fingerprint density at radius 1 is 0.600 bits per heavy atom. The molecule has 0 amide bonds. The van der Waals surface area contributed by atoms with Gasteiger partial charge in [-0.25, -0.2) is 8.78 Å². The van der Waals surface area contributed by atoms with Gasteiger partial charge in [-0.05, 0) is 0 Å². The molecule has 0 aromatic carbocycles. The second-order valence-corrected chi connectivity index (χ2v) is 4.28. The Hall–Kier alpha value is -1.38. The van der Waals surface area contributed by atoms with Crippen LogP contribution in [0.25, 0.3) is 0 Å². The van der Waals surface area contributed by atoms with E-state index in [0.717, 1.165) is 0 Å². The van der Waals surface area contributed by atoms with Crippen LogP contribution in [0.3, 0.4) is 0 Å². The lowest BCUT2D eigenvalue weighted by Crippen LogP contribution is -2.74. The average molecular weight is 414 g/mol. The van der Waals surface area contributed by atoms with Crippen molar-refractivity contribution >= 4 is 0 Å². The minimum Gasteiger partial charge on any atom is -0.236 e. The van der Waals surface area contributed by atoms with Crippen LogP contribution in [0, 0.1) is 0 Å². The van der Waals surface area contributed by atoms with Gasteiger partial charge >= 0.3 is 35.8 Å². The van der Waals surface area contributed by atoms with Gasteiger partial charge in [-0.3, -0.25) is 0 Å². The number of allylic oxidation sites excluding steroid dienone is 1. The van der Waals surface area contributed by atoms with Gasteiger partial charge in [0.2, 0.25) is 0 Å². The third-order valence-electron chi connectivity index (χ3n) is 2.65. The van der Waals surface area contributed by atoms with E-state index in [1.165, 1.54) is 0 Å². The number of hydrogen-bond acceptors (Lipinski definition) is 0. The first kappa shape index (κ1) is 23.6. The summed E-state index contributed by atoms with van der Waals surface area (Å²) in [6.45, 7) is 0. The molecule has 0 radical (unpaired) electrons. The highest BCUT2D eigenvalue weighted by Crippen LogP contribution is 2.62. The highest BCUT2D eigenvalue weighted by atomic mass is 19.4. The van der Waals surface area contributed by atoms with E-state index in [-0.39, 0.29) is 0 Å². The molecule has 0 rings (SSSR count). The van der Waals surface area contributed by atoms with Crippen LogP contribution in [-0.2, 0) is 0 Å². The van der Waals surface area contributed by atoms with E-state index >= 15 is 0 Å². The predicted molar refractivity (Wildman–Crippen MR) is 46.0 cm³/mol. The molecule has 0 nitrogen and oxygen atoms in total. The molecule has 0 saturated carbocycles. The zero-order valence-electron chi connectivity index (χ0n) is 10.7. The average Bonchev–Trinajstić information content (AvgIpc) is 2.33. The van der Waals surface area contributed by atoms with Crippen molar-refractivity contribution in [2.24, 2.45) is 0 Å². The molecule has 0 fully saturated rings. The van der Waals surface area contributed by atoms with Crippen LogP contribution in [0.5, 0.6) is 0 Å². The number of rotatable bonds is 5. The van der Waals surface area contributed by atoms with Crippen LogP contribution >= 0.6 is 0 Å². The number of halogens is 16. The Morgan fingerprint density at radius 3 is 1.16 bits per heavy atom. The van der Waals surface area contributed by atoms with E-state index in [2.05, 4.69) is 0 Å². The van der Waals surface area contributed by atoms with Gasteiger partial charge in [0.15, 0.2) is 6.17 Å². The van der Waals surface area contributed by atoms with Crippen molar-refractivity contribution in [3.8, 4) is 0 Å². The first-order valence-corrected chi connectivity index (χ1v) is 5.21. The van der Waals surface area contributed by atoms with Crippen molar-refractivity contribution in [3.05, 3.63) is 12.2 Å². The summed E-state index contributed by atoms with van der Waals surface area (Å²) in [7, 11) is 0. The molecule has 0 aromatic heterocycles. The molecule has 150 valence electrons. The maximum atomic E-state index is 13.0. The van der Waals surface area contributed by atoms with Crippen LogP contribution in [0.2, 0.25) is 0 Å². The second-order valence-electron chi connectivity index (χ2n) is 4.28. The van der Waals surface area contributed by atoms with Gasteiger partial charge < -0.3 is 0 Å². The van der Waals surface area contributed by atoms with Crippen LogP contribution in [-0.4, -0.2) is 42.0 Å². The van der Waals surface area contributed by atoms with E-state index < -0.39 is 54.1 Å². The lowest BCUT2D eigenvalue weighted by atomic mass is 9.86. The molecular weight excluding hydrogens is 412 g/mol. The van der Waals surface area contributed by atoms with Crippen molar-refractivity contribution in [1.29, 1.82) is 0 Å². The van der Waals surface area contributed by atoms with E-state index in [1.54, 1.807) is 0 Å². The Labute approximate surface area is 126 Å². The fourth-order valence-corrected chi connectivity index (χ4v) is 1.33. The van der Waals surface area contributed by atoms with Gasteiger partial charge in [0.1, 0.15) is 0 Å². The molecule has 0 aromatic rings. The van der Waals surface area contributed by atoms with Crippen molar-refractivity contribution in [2.75, 3.05) is 0 Å². The van der Waals surface area contributed by atoms with E-state index in [0.29, 0.717) is 0 Å². The normalized spacial score (nSPS) is 16.6. The summed E-state index contributed by atoms with van der Waals surface area (Å²) in [6.07, 6.45) is -26.3. The lowest BCUT2D eigenvalue weighted by Gasteiger charge is -2.42. The summed E-state index contributed by atoms with van der Waals surface area (Å²) >= 11 is 0. The Kier molecular flexibility index (Phi) is 5.77. The molecule has 1 atom stereocenters. The van der Waals surface area contributed by atoms with Crippen LogP contribution in [0.15, 0.2) is 12.2 Å². The first-order valence-electron chi connectivity index (χ1n) is 5.21. The highest BCUT2D eigenvalue weighted by molar-refractivity contribution is 5.17. The predicted octanol–water partition coefficient (Wildman–Crippen LogP) is 5.84. The number of hydrogen-bond donors (Lipinski definition) is 0. The Morgan fingerprint density at radius 2 is 0.920 bits per heavy atom. The fourth-order valence-electron chi connectivity index (χ4n) is 1.33. The van der Waals surface area contributed by atoms with Crippen molar-refractivity contribution in [2.45, 2.75) is 42.0 Å². The third kappa shape index (κ3) is 3.35. The van der Waals surface area contributed by atoms with Crippen LogP contribution in [0.1, 0.15) is 0 Å². The summed E-state index contributed by atoms with van der Waals surface area (Å²) in [5, 5.41) is 0. The summed E-state index contributed by atoms with van der Waals surface area (Å²) in [6, 6.07) is 0. The standard InChI is InChI=1S/C9H2F16/c10-2(1-3(11)12)4(13,14)6(16,17)7(18,19)5(15,8(20,21)22)9(23,24)25/h1-2H. The molecule has 0 heterocycles. The molecule has 0 aliphatic carbocycles. The minimum absolute atomic E-state index is 1.79. The summed E-state index contributed by atoms with van der Waals surface area (Å²) < 4.78 is 199. The SMILES string of the molecule is FC(F)=CC(F)C(F)(F)C(F)(F)C(F)(F)C(F)(C(F)(F)F)C(F)(F)F. The summed E-state index contributed by atoms with van der Waals surface area (Å²) in [5.74, 6) is -23.7. The topological polar surface area (TPSA) is 0 Å². The van der Waals surface area contributed by atoms with Crippen LogP contribution < -0.4 is 0 Å². The van der Waals surface area contributed by atoms with E-state index in [1.807, 2.05) is 0 Å². The first-order chi connectivity index (χ1) is 10.6. The highest BCUT2D eigenvalue weighted by Gasteiger charge is 2.94. The van der Waals surface area contributed by atoms with Crippen molar-refractivity contribution in [1.82, 2.24) is 0 Å². The second kappa shape index (κ2) is 6.10. The van der Waals surface area contributed by atoms with Gasteiger partial charge in [0.05, 0.1) is 0 Å². The monoisotopic (exact) mass is 414 g/mol. The van der Waals surface area contributed by atoms with Gasteiger partial charge in [-0.1, -0.05) is 0 Å². The molecule has 0 N–H and O–H groups in total. The zero-order chi connectivity index (χ0) is 20.9. The van der Waals surface area contributed by atoms with Crippen LogP contribution in [0.4, 0.5) is 70.2 Å². The molecule has 25 heavy (non-hydrogen) atoms. The molecular formula is C9H2F16. The molecule has 1 unspecified atom stereocenters. The summed E-state index contributed by atoms with van der Waals surface area (Å²) in [4.78, 5) is 0. The molecule has 0 aliphatic heterocycles. The summed E-state index contributed by atoms with van der Waals surface area (Å²) in [5.41, 5.74) is -8.25. The van der Waals surface area contributed by atoms with Gasteiger partial charge in [-0.15, -0.1) is 0 Å². The molecule has 0 spiro atoms. The number of alkyl halides is 14. The minimum atomic E-state index is -8.34.